The van der Waals surface area contributed by atoms with Crippen LogP contribution < -0.4 is 20.7 Å². The predicted octanol–water partition coefficient (Wildman–Crippen LogP) is 1.82. The highest BCUT2D eigenvalue weighted by molar-refractivity contribution is 5.98. The van der Waals surface area contributed by atoms with E-state index < -0.39 is 17.5 Å². The summed E-state index contributed by atoms with van der Waals surface area (Å²) in [4.78, 5) is 34.5. The van der Waals surface area contributed by atoms with Crippen molar-refractivity contribution in [2.75, 3.05) is 19.5 Å². The lowest BCUT2D eigenvalue weighted by Gasteiger charge is -2.26. The fourth-order valence-corrected chi connectivity index (χ4v) is 2.03. The number of nitrogens with one attached hydrogen (secondary N) is 3. The van der Waals surface area contributed by atoms with Gasteiger partial charge in [-0.2, -0.15) is 0 Å². The molecule has 0 bridgehead atoms. The zero-order valence-electron chi connectivity index (χ0n) is 14.2. The minimum absolute atomic E-state index is 0.0528. The molecule has 0 aliphatic rings. The molecule has 0 atom stereocenters. The number of anilines is 1. The molecule has 8 nitrogen and oxygen atoms in total. The van der Waals surface area contributed by atoms with Crippen molar-refractivity contribution in [3.8, 4) is 5.75 Å². The van der Waals surface area contributed by atoms with Gasteiger partial charge in [0.2, 0.25) is 0 Å². The molecule has 0 spiro atoms. The number of ether oxygens (including phenoxy) is 1. The molecule has 8 heteroatoms. The largest absolute Gasteiger partial charge is 0.495 e. The van der Waals surface area contributed by atoms with Gasteiger partial charge in [-0.15, -0.1) is 0 Å². The summed E-state index contributed by atoms with van der Waals surface area (Å²) in [5.74, 6) is -0.811. The maximum Gasteiger partial charge on any atom is 0.319 e. The molecule has 0 saturated carbocycles. The van der Waals surface area contributed by atoms with Crippen molar-refractivity contribution in [3.63, 3.8) is 0 Å². The fraction of sp³-hybridized carbons (Fsp3) is 0.438. The fourth-order valence-electron chi connectivity index (χ4n) is 2.03. The SMILES string of the molecule is CNC(=O)c1ccc(OC)c(NC(=O)NC(C)(C)CCC(=O)O)c1. The van der Waals surface area contributed by atoms with Gasteiger partial charge in [0.1, 0.15) is 5.75 Å². The van der Waals surface area contributed by atoms with Crippen LogP contribution in [-0.2, 0) is 4.79 Å². The molecule has 4 N–H and O–H groups in total. The third kappa shape index (κ3) is 5.79. The number of carboxylic acid groups (broad SMARTS) is 1. The Morgan fingerprint density at radius 3 is 2.46 bits per heavy atom. The summed E-state index contributed by atoms with van der Waals surface area (Å²) in [5.41, 5.74) is 0.0116. The minimum Gasteiger partial charge on any atom is -0.495 e. The first-order valence-electron chi connectivity index (χ1n) is 7.39. The highest BCUT2D eigenvalue weighted by Gasteiger charge is 2.22. The minimum atomic E-state index is -0.926. The van der Waals surface area contributed by atoms with Gasteiger partial charge in [-0.1, -0.05) is 0 Å². The molecule has 0 saturated heterocycles. The lowest BCUT2D eigenvalue weighted by Crippen LogP contribution is -2.45. The van der Waals surface area contributed by atoms with Crippen LogP contribution in [0.25, 0.3) is 0 Å². The van der Waals surface area contributed by atoms with E-state index in [9.17, 15) is 14.4 Å². The summed E-state index contributed by atoms with van der Waals surface area (Å²) in [5, 5.41) is 16.6. The van der Waals surface area contributed by atoms with Crippen molar-refractivity contribution in [1.29, 1.82) is 0 Å². The summed E-state index contributed by atoms with van der Waals surface area (Å²) in [6.07, 6.45) is 0.230. The van der Waals surface area contributed by atoms with Crippen molar-refractivity contribution in [3.05, 3.63) is 23.8 Å². The second kappa shape index (κ2) is 8.19. The van der Waals surface area contributed by atoms with E-state index in [1.807, 2.05) is 0 Å². The third-order valence-corrected chi connectivity index (χ3v) is 3.35. The Kier molecular flexibility index (Phi) is 6.58. The summed E-state index contributed by atoms with van der Waals surface area (Å²) in [6, 6.07) is 4.15. The first kappa shape index (κ1) is 19.3. The monoisotopic (exact) mass is 337 g/mol. The summed E-state index contributed by atoms with van der Waals surface area (Å²) < 4.78 is 5.17. The molecule has 0 aliphatic heterocycles. The van der Waals surface area contributed by atoms with Crippen LogP contribution in [0.5, 0.6) is 5.75 Å². The number of methoxy groups -OCH3 is 1. The number of carbonyl (C=O) groups is 3. The summed E-state index contributed by atoms with van der Waals surface area (Å²) in [6.45, 7) is 3.46. The summed E-state index contributed by atoms with van der Waals surface area (Å²) >= 11 is 0. The van der Waals surface area contributed by atoms with Crippen LogP contribution in [0.4, 0.5) is 10.5 Å². The Morgan fingerprint density at radius 1 is 1.25 bits per heavy atom. The van der Waals surface area contributed by atoms with Crippen LogP contribution in [0.3, 0.4) is 0 Å². The van der Waals surface area contributed by atoms with Gasteiger partial charge in [0.25, 0.3) is 5.91 Å². The lowest BCUT2D eigenvalue weighted by atomic mass is 9.99. The van der Waals surface area contributed by atoms with Crippen molar-refractivity contribution in [1.82, 2.24) is 10.6 Å². The Bertz CT molecular complexity index is 628. The molecule has 3 amide bonds. The van der Waals surface area contributed by atoms with E-state index in [1.54, 1.807) is 26.0 Å². The number of hydrogen-bond acceptors (Lipinski definition) is 4. The molecule has 0 heterocycles. The highest BCUT2D eigenvalue weighted by atomic mass is 16.5. The first-order chi connectivity index (χ1) is 11.2. The highest BCUT2D eigenvalue weighted by Crippen LogP contribution is 2.25. The van der Waals surface area contributed by atoms with E-state index in [4.69, 9.17) is 9.84 Å². The standard InChI is InChI=1S/C16H23N3O5/c1-16(2,8-7-13(20)21)19-15(23)18-11-9-10(14(22)17-3)5-6-12(11)24-4/h5-6,9H,7-8H2,1-4H3,(H,17,22)(H,20,21)(H2,18,19,23). The van der Waals surface area contributed by atoms with Crippen molar-refractivity contribution in [2.24, 2.45) is 0 Å². The van der Waals surface area contributed by atoms with E-state index in [-0.39, 0.29) is 18.7 Å². The third-order valence-electron chi connectivity index (χ3n) is 3.35. The molecule has 24 heavy (non-hydrogen) atoms. The molecule has 0 aromatic heterocycles. The zero-order chi connectivity index (χ0) is 18.3. The predicted molar refractivity (Wildman–Crippen MR) is 89.5 cm³/mol. The average Bonchev–Trinajstić information content (AvgIpc) is 2.51. The van der Waals surface area contributed by atoms with E-state index in [1.165, 1.54) is 20.2 Å². The number of urea groups is 1. The van der Waals surface area contributed by atoms with Gasteiger partial charge in [0, 0.05) is 24.6 Å². The average molecular weight is 337 g/mol. The zero-order valence-corrected chi connectivity index (χ0v) is 14.2. The molecule has 0 radical (unpaired) electrons. The second-order valence-corrected chi connectivity index (χ2v) is 5.85. The Balaban J connectivity index is 2.85. The smallest absolute Gasteiger partial charge is 0.319 e. The molecule has 132 valence electrons. The maximum atomic E-state index is 12.2. The number of rotatable bonds is 7. The molecule has 1 rings (SSSR count). The Hall–Kier alpha value is -2.77. The topological polar surface area (TPSA) is 117 Å². The molecular weight excluding hydrogens is 314 g/mol. The molecule has 0 fully saturated rings. The Labute approximate surface area is 140 Å². The van der Waals surface area contributed by atoms with Gasteiger partial charge in [0.15, 0.2) is 0 Å². The van der Waals surface area contributed by atoms with Crippen molar-refractivity contribution >= 4 is 23.6 Å². The van der Waals surface area contributed by atoms with Crippen molar-refractivity contribution in [2.45, 2.75) is 32.2 Å². The quantitative estimate of drug-likeness (QED) is 0.605. The Morgan fingerprint density at radius 2 is 1.92 bits per heavy atom. The number of benzene rings is 1. The maximum absolute atomic E-state index is 12.2. The lowest BCUT2D eigenvalue weighted by molar-refractivity contribution is -0.137. The van der Waals surface area contributed by atoms with Gasteiger partial charge in [-0.05, 0) is 38.5 Å². The van der Waals surface area contributed by atoms with Crippen LogP contribution >= 0.6 is 0 Å². The molecule has 0 unspecified atom stereocenters. The van der Waals surface area contributed by atoms with Crippen LogP contribution in [-0.4, -0.2) is 42.7 Å². The molecular formula is C16H23N3O5. The van der Waals surface area contributed by atoms with Crippen LogP contribution in [0.15, 0.2) is 18.2 Å². The van der Waals surface area contributed by atoms with Crippen LogP contribution in [0.1, 0.15) is 37.0 Å². The van der Waals surface area contributed by atoms with Crippen LogP contribution in [0.2, 0.25) is 0 Å². The van der Waals surface area contributed by atoms with Gasteiger partial charge in [0.05, 0.1) is 12.8 Å². The molecule has 1 aromatic rings. The number of carbonyl (C=O) groups excluding carboxylic acids is 2. The van der Waals surface area contributed by atoms with Gasteiger partial charge in [-0.25, -0.2) is 4.79 Å². The van der Waals surface area contributed by atoms with Crippen molar-refractivity contribution < 1.29 is 24.2 Å². The van der Waals surface area contributed by atoms with E-state index in [0.717, 1.165) is 0 Å². The van der Waals surface area contributed by atoms with Gasteiger partial charge in [-0.3, -0.25) is 9.59 Å². The number of carboxylic acids is 1. The molecule has 1 aromatic carbocycles. The van der Waals surface area contributed by atoms with E-state index in [0.29, 0.717) is 17.0 Å². The number of hydrogen-bond donors (Lipinski definition) is 4. The molecule has 0 aliphatic carbocycles. The summed E-state index contributed by atoms with van der Waals surface area (Å²) in [7, 11) is 2.96. The normalized spacial score (nSPS) is 10.7. The number of aliphatic carboxylic acids is 1. The van der Waals surface area contributed by atoms with E-state index in [2.05, 4.69) is 16.0 Å². The first-order valence-corrected chi connectivity index (χ1v) is 7.39. The van der Waals surface area contributed by atoms with Gasteiger partial charge >= 0.3 is 12.0 Å². The van der Waals surface area contributed by atoms with Crippen LogP contribution in [0, 0.1) is 0 Å². The van der Waals surface area contributed by atoms with Gasteiger partial charge < -0.3 is 25.8 Å². The van der Waals surface area contributed by atoms with E-state index >= 15 is 0 Å². The number of amides is 3. The second-order valence-electron chi connectivity index (χ2n) is 5.85.